The van der Waals surface area contributed by atoms with Crippen molar-refractivity contribution in [2.24, 2.45) is 0 Å². The van der Waals surface area contributed by atoms with Gasteiger partial charge in [-0.3, -0.25) is 0 Å². The molecular weight excluding hydrogens is 372 g/mol. The molecule has 1 saturated heterocycles. The molecule has 0 spiro atoms. The topological polar surface area (TPSA) is 90.3 Å². The normalized spacial score (nSPS) is 14.1. The Morgan fingerprint density at radius 3 is 2.09 bits per heavy atom. The zero-order valence-corrected chi connectivity index (χ0v) is 13.8. The lowest BCUT2D eigenvalue weighted by Crippen LogP contribution is -2.36. The van der Waals surface area contributed by atoms with Crippen LogP contribution in [0, 0.1) is 11.9 Å². The summed E-state index contributed by atoms with van der Waals surface area (Å²) < 4.78 is 30.9. The van der Waals surface area contributed by atoms with Gasteiger partial charge in [-0.05, 0) is 28.1 Å². The van der Waals surface area contributed by atoms with Gasteiger partial charge < -0.3 is 21.1 Å². The number of anilines is 3. The maximum atomic E-state index is 12.8. The second kappa shape index (κ2) is 8.02. The van der Waals surface area contributed by atoms with E-state index < -0.39 is 11.9 Å². The van der Waals surface area contributed by atoms with Crippen molar-refractivity contribution >= 4 is 33.0 Å². The van der Waals surface area contributed by atoms with Gasteiger partial charge in [0, 0.05) is 23.8 Å². The number of morpholine rings is 1. The number of halogens is 3. The lowest BCUT2D eigenvalue weighted by Gasteiger charge is -2.28. The van der Waals surface area contributed by atoms with Gasteiger partial charge in [0.1, 0.15) is 0 Å². The molecule has 0 radical (unpaired) electrons. The number of rotatable bonds is 1. The fourth-order valence-electron chi connectivity index (χ4n) is 1.89. The lowest BCUT2D eigenvalue weighted by atomic mass is 10.3. The summed E-state index contributed by atoms with van der Waals surface area (Å²) in [5, 5.41) is 0. The first-order valence-corrected chi connectivity index (χ1v) is 7.57. The number of nitrogen functional groups attached to an aromatic ring is 2. The molecular formula is C14H16BrF2N5O. The number of nitrogens with zero attached hydrogens (tertiary/aromatic N) is 3. The van der Waals surface area contributed by atoms with E-state index >= 15 is 0 Å². The summed E-state index contributed by atoms with van der Waals surface area (Å²) in [6.07, 6.45) is 2.85. The van der Waals surface area contributed by atoms with Gasteiger partial charge in [0.2, 0.25) is 11.9 Å². The highest BCUT2D eigenvalue weighted by atomic mass is 79.9. The highest BCUT2D eigenvalue weighted by Gasteiger charge is 2.12. The summed E-state index contributed by atoms with van der Waals surface area (Å²) in [6.45, 7) is 2.98. The Hall–Kier alpha value is -2.00. The molecule has 3 rings (SSSR count). The fraction of sp³-hybridized carbons (Fsp3) is 0.286. The third kappa shape index (κ3) is 5.00. The molecule has 0 aliphatic carbocycles. The van der Waals surface area contributed by atoms with Crippen LogP contribution in [0.5, 0.6) is 0 Å². The van der Waals surface area contributed by atoms with E-state index in [0.29, 0.717) is 17.7 Å². The minimum atomic E-state index is -0.627. The maximum Gasteiger partial charge on any atom is 0.236 e. The molecule has 6 nitrogen and oxygen atoms in total. The third-order valence-corrected chi connectivity index (χ3v) is 3.49. The van der Waals surface area contributed by atoms with Crippen LogP contribution >= 0.6 is 15.9 Å². The van der Waals surface area contributed by atoms with Crippen molar-refractivity contribution in [2.45, 2.75) is 0 Å². The predicted molar refractivity (Wildman–Crippen MR) is 87.9 cm³/mol. The Labute approximate surface area is 140 Å². The lowest BCUT2D eigenvalue weighted by molar-refractivity contribution is 0.122. The molecule has 2 aromatic heterocycles. The molecule has 9 heteroatoms. The van der Waals surface area contributed by atoms with Gasteiger partial charge in [-0.2, -0.15) is 8.78 Å². The van der Waals surface area contributed by atoms with E-state index in [4.69, 9.17) is 16.2 Å². The molecule has 0 aromatic carbocycles. The van der Waals surface area contributed by atoms with Crippen LogP contribution in [0.2, 0.25) is 0 Å². The molecule has 1 aliphatic heterocycles. The van der Waals surface area contributed by atoms with Crippen LogP contribution in [0.4, 0.5) is 25.8 Å². The Morgan fingerprint density at radius 1 is 1.00 bits per heavy atom. The van der Waals surface area contributed by atoms with E-state index in [1.165, 1.54) is 18.5 Å². The van der Waals surface area contributed by atoms with Crippen LogP contribution in [0.3, 0.4) is 0 Å². The number of pyridine rings is 2. The zero-order valence-electron chi connectivity index (χ0n) is 12.2. The van der Waals surface area contributed by atoms with Crippen molar-refractivity contribution in [1.82, 2.24) is 9.97 Å². The highest BCUT2D eigenvalue weighted by molar-refractivity contribution is 9.10. The van der Waals surface area contributed by atoms with Crippen molar-refractivity contribution in [1.29, 1.82) is 0 Å². The molecule has 0 saturated carbocycles. The fourth-order valence-corrected chi connectivity index (χ4v) is 2.24. The second-order valence-electron chi connectivity index (χ2n) is 4.71. The van der Waals surface area contributed by atoms with Crippen LogP contribution in [0.25, 0.3) is 0 Å². The van der Waals surface area contributed by atoms with Gasteiger partial charge in [0.25, 0.3) is 0 Å². The molecule has 23 heavy (non-hydrogen) atoms. The van der Waals surface area contributed by atoms with E-state index in [2.05, 4.69) is 30.8 Å². The molecule has 1 fully saturated rings. The van der Waals surface area contributed by atoms with Crippen molar-refractivity contribution < 1.29 is 13.5 Å². The summed E-state index contributed by atoms with van der Waals surface area (Å²) >= 11 is 3.09. The molecule has 1 aliphatic rings. The van der Waals surface area contributed by atoms with Crippen LogP contribution in [-0.2, 0) is 4.74 Å². The first kappa shape index (κ1) is 17.4. The van der Waals surface area contributed by atoms with E-state index in [9.17, 15) is 8.78 Å². The molecule has 124 valence electrons. The van der Waals surface area contributed by atoms with E-state index in [1.807, 2.05) is 0 Å². The summed E-state index contributed by atoms with van der Waals surface area (Å²) in [6, 6.07) is 3.07. The van der Waals surface area contributed by atoms with Gasteiger partial charge >= 0.3 is 0 Å². The van der Waals surface area contributed by atoms with Gasteiger partial charge in [0.05, 0.1) is 36.5 Å². The molecule has 4 N–H and O–H groups in total. The highest BCUT2D eigenvalue weighted by Crippen LogP contribution is 2.19. The predicted octanol–water partition coefficient (Wildman–Crippen LogP) is 2.20. The third-order valence-electron chi connectivity index (χ3n) is 3.06. The van der Waals surface area contributed by atoms with Crippen LogP contribution < -0.4 is 16.4 Å². The number of aromatic nitrogens is 2. The van der Waals surface area contributed by atoms with Crippen molar-refractivity contribution in [2.75, 3.05) is 42.7 Å². The van der Waals surface area contributed by atoms with Gasteiger partial charge in [0.15, 0.2) is 0 Å². The van der Waals surface area contributed by atoms with Crippen molar-refractivity contribution in [3.63, 3.8) is 0 Å². The molecule has 3 heterocycles. The summed E-state index contributed by atoms with van der Waals surface area (Å²) in [5.74, 6) is -1.24. The molecule has 0 atom stereocenters. The maximum absolute atomic E-state index is 12.8. The largest absolute Gasteiger partial charge is 0.395 e. The summed E-state index contributed by atoms with van der Waals surface area (Å²) in [5.41, 5.74) is 11.6. The zero-order chi connectivity index (χ0) is 16.8. The van der Waals surface area contributed by atoms with Gasteiger partial charge in [-0.15, -0.1) is 0 Å². The Kier molecular flexibility index (Phi) is 6.05. The van der Waals surface area contributed by atoms with E-state index in [0.717, 1.165) is 18.8 Å². The van der Waals surface area contributed by atoms with Crippen molar-refractivity contribution in [3.05, 3.63) is 40.9 Å². The Morgan fingerprint density at radius 2 is 1.57 bits per heavy atom. The number of hydrogen-bond donors (Lipinski definition) is 2. The quantitative estimate of drug-likeness (QED) is 0.729. The van der Waals surface area contributed by atoms with Crippen molar-refractivity contribution in [3.8, 4) is 0 Å². The van der Waals surface area contributed by atoms with Crippen LogP contribution in [0.1, 0.15) is 0 Å². The first-order chi connectivity index (χ1) is 11.0. The Balaban J connectivity index is 0.000000185. The van der Waals surface area contributed by atoms with Crippen LogP contribution in [-0.4, -0.2) is 36.3 Å². The minimum Gasteiger partial charge on any atom is -0.395 e. The number of nitrogens with two attached hydrogens (primary N) is 2. The molecule has 0 bridgehead atoms. The molecule has 0 amide bonds. The SMILES string of the molecule is Nc1cc(Br)cnc1F.Nc1cc(N2CCOCC2)cnc1F. The smallest absolute Gasteiger partial charge is 0.236 e. The molecule has 0 unspecified atom stereocenters. The molecule has 2 aromatic rings. The average molecular weight is 388 g/mol. The van der Waals surface area contributed by atoms with E-state index in [1.54, 1.807) is 6.07 Å². The second-order valence-corrected chi connectivity index (χ2v) is 5.62. The standard InChI is InChI=1S/C9H12FN3O.C5H4BrFN2/c10-9-8(11)5-7(6-12-9)13-1-3-14-4-2-13;6-3-1-4(8)5(7)9-2-3/h5-6H,1-4,11H2;1-2H,8H2. The number of ether oxygens (including phenoxy) is 1. The van der Waals surface area contributed by atoms with E-state index in [-0.39, 0.29) is 11.4 Å². The average Bonchev–Trinajstić information content (AvgIpc) is 2.55. The van der Waals surface area contributed by atoms with Gasteiger partial charge in [-0.1, -0.05) is 0 Å². The minimum absolute atomic E-state index is 0.0596. The summed E-state index contributed by atoms with van der Waals surface area (Å²) in [7, 11) is 0. The van der Waals surface area contributed by atoms with Crippen LogP contribution in [0.15, 0.2) is 29.0 Å². The first-order valence-electron chi connectivity index (χ1n) is 6.77. The van der Waals surface area contributed by atoms with Gasteiger partial charge in [-0.25, -0.2) is 9.97 Å². The Bertz CT molecular complexity index is 668. The monoisotopic (exact) mass is 387 g/mol. The number of hydrogen-bond acceptors (Lipinski definition) is 6. The summed E-state index contributed by atoms with van der Waals surface area (Å²) in [4.78, 5) is 9.00.